The number of halogens is 1. The van der Waals surface area contributed by atoms with Crippen LogP contribution in [-0.4, -0.2) is 18.6 Å². The SMILES string of the molecule is Nc1ccc2c(c1)C(=O)N(Cc1ccc(Br)cc1)S2(=O)=O. The molecule has 7 heteroatoms. The van der Waals surface area contributed by atoms with Crippen LogP contribution in [0.2, 0.25) is 0 Å². The third-order valence-corrected chi connectivity index (χ3v) is 5.58. The van der Waals surface area contributed by atoms with Crippen molar-refractivity contribution >= 4 is 37.5 Å². The minimum atomic E-state index is -3.80. The molecule has 5 nitrogen and oxygen atoms in total. The summed E-state index contributed by atoms with van der Waals surface area (Å²) in [6, 6.07) is 11.4. The Labute approximate surface area is 130 Å². The molecule has 1 amide bonds. The van der Waals surface area contributed by atoms with Crippen LogP contribution in [0.25, 0.3) is 0 Å². The predicted molar refractivity (Wildman–Crippen MR) is 82.1 cm³/mol. The molecule has 1 aliphatic rings. The standard InChI is InChI=1S/C14H11BrN2O3S/c15-10-3-1-9(2-4-10)8-17-14(18)12-7-11(16)5-6-13(12)21(17,19)20/h1-7H,8,16H2. The number of hydrogen-bond acceptors (Lipinski definition) is 4. The van der Waals surface area contributed by atoms with Crippen LogP contribution < -0.4 is 5.73 Å². The topological polar surface area (TPSA) is 80.5 Å². The number of nitrogens with zero attached hydrogens (tertiary/aromatic N) is 1. The van der Waals surface area contributed by atoms with Crippen LogP contribution in [0.1, 0.15) is 15.9 Å². The molecule has 3 rings (SSSR count). The van der Waals surface area contributed by atoms with Gasteiger partial charge in [-0.2, -0.15) is 0 Å². The molecule has 0 aliphatic carbocycles. The van der Waals surface area contributed by atoms with E-state index in [1.807, 2.05) is 0 Å². The van der Waals surface area contributed by atoms with Crippen molar-refractivity contribution < 1.29 is 13.2 Å². The molecule has 0 spiro atoms. The van der Waals surface area contributed by atoms with E-state index in [-0.39, 0.29) is 17.0 Å². The summed E-state index contributed by atoms with van der Waals surface area (Å²) in [5.74, 6) is -0.541. The average molecular weight is 367 g/mol. The lowest BCUT2D eigenvalue weighted by atomic mass is 10.1. The summed E-state index contributed by atoms with van der Waals surface area (Å²) < 4.78 is 26.6. The van der Waals surface area contributed by atoms with E-state index in [4.69, 9.17) is 5.73 Å². The lowest BCUT2D eigenvalue weighted by molar-refractivity contribution is 0.0865. The maximum Gasteiger partial charge on any atom is 0.269 e. The Bertz CT molecular complexity index is 832. The van der Waals surface area contributed by atoms with E-state index in [2.05, 4.69) is 15.9 Å². The molecule has 2 N–H and O–H groups in total. The van der Waals surface area contributed by atoms with Crippen molar-refractivity contribution in [2.75, 3.05) is 5.73 Å². The van der Waals surface area contributed by atoms with Crippen molar-refractivity contribution in [3.8, 4) is 0 Å². The van der Waals surface area contributed by atoms with Crippen LogP contribution in [0.3, 0.4) is 0 Å². The van der Waals surface area contributed by atoms with E-state index in [1.165, 1.54) is 18.2 Å². The zero-order valence-electron chi connectivity index (χ0n) is 10.8. The molecule has 0 saturated heterocycles. The number of hydrogen-bond donors (Lipinski definition) is 1. The molecule has 0 radical (unpaired) electrons. The summed E-state index contributed by atoms with van der Waals surface area (Å²) in [5.41, 5.74) is 6.85. The second kappa shape index (κ2) is 4.85. The number of amides is 1. The summed E-state index contributed by atoms with van der Waals surface area (Å²) in [7, 11) is -3.80. The van der Waals surface area contributed by atoms with E-state index in [0.717, 1.165) is 14.3 Å². The largest absolute Gasteiger partial charge is 0.399 e. The van der Waals surface area contributed by atoms with Gasteiger partial charge in [-0.25, -0.2) is 12.7 Å². The first-order chi connectivity index (χ1) is 9.89. The van der Waals surface area contributed by atoms with Gasteiger partial charge in [0.25, 0.3) is 15.9 Å². The Balaban J connectivity index is 2.02. The number of benzene rings is 2. The number of fused-ring (bicyclic) bond motifs is 1. The molecule has 1 heterocycles. The summed E-state index contributed by atoms with van der Waals surface area (Å²) in [6.07, 6.45) is 0. The van der Waals surface area contributed by atoms with Gasteiger partial charge in [-0.05, 0) is 35.9 Å². The number of anilines is 1. The third kappa shape index (κ3) is 2.32. The Morgan fingerprint density at radius 1 is 1.10 bits per heavy atom. The molecule has 2 aromatic carbocycles. The molecule has 0 bridgehead atoms. The van der Waals surface area contributed by atoms with Gasteiger partial charge in [-0.3, -0.25) is 4.79 Å². The zero-order chi connectivity index (χ0) is 15.2. The number of rotatable bonds is 2. The molecule has 0 aromatic heterocycles. The second-order valence-corrected chi connectivity index (χ2v) is 7.45. The quantitative estimate of drug-likeness (QED) is 0.827. The van der Waals surface area contributed by atoms with Crippen LogP contribution in [0, 0.1) is 0 Å². The molecule has 0 unspecified atom stereocenters. The van der Waals surface area contributed by atoms with E-state index < -0.39 is 15.9 Å². The van der Waals surface area contributed by atoms with Gasteiger partial charge in [-0.1, -0.05) is 28.1 Å². The summed E-state index contributed by atoms with van der Waals surface area (Å²) in [6.45, 7) is 0.00301. The Hall–Kier alpha value is -1.86. The van der Waals surface area contributed by atoms with Crippen molar-refractivity contribution in [3.63, 3.8) is 0 Å². The molecular weight excluding hydrogens is 356 g/mol. The van der Waals surface area contributed by atoms with Crippen LogP contribution >= 0.6 is 15.9 Å². The van der Waals surface area contributed by atoms with Gasteiger partial charge in [0.2, 0.25) is 0 Å². The zero-order valence-corrected chi connectivity index (χ0v) is 13.2. The molecule has 0 fully saturated rings. The van der Waals surface area contributed by atoms with Gasteiger partial charge >= 0.3 is 0 Å². The van der Waals surface area contributed by atoms with Gasteiger partial charge in [0.1, 0.15) is 4.90 Å². The van der Waals surface area contributed by atoms with Crippen molar-refractivity contribution in [1.29, 1.82) is 0 Å². The number of nitrogen functional groups attached to an aromatic ring is 1. The smallest absolute Gasteiger partial charge is 0.269 e. The Morgan fingerprint density at radius 3 is 2.43 bits per heavy atom. The first kappa shape index (κ1) is 14.1. The number of carbonyl (C=O) groups excluding carboxylic acids is 1. The summed E-state index contributed by atoms with van der Waals surface area (Å²) >= 11 is 3.31. The Morgan fingerprint density at radius 2 is 1.76 bits per heavy atom. The highest BCUT2D eigenvalue weighted by Crippen LogP contribution is 2.32. The van der Waals surface area contributed by atoms with Gasteiger partial charge in [-0.15, -0.1) is 0 Å². The van der Waals surface area contributed by atoms with Gasteiger partial charge in [0.15, 0.2) is 0 Å². The van der Waals surface area contributed by atoms with Crippen LogP contribution in [-0.2, 0) is 16.6 Å². The summed E-state index contributed by atoms with van der Waals surface area (Å²) in [5, 5.41) is 0. The molecule has 108 valence electrons. The van der Waals surface area contributed by atoms with Crippen molar-refractivity contribution in [3.05, 3.63) is 58.1 Å². The van der Waals surface area contributed by atoms with Gasteiger partial charge < -0.3 is 5.73 Å². The molecular formula is C14H11BrN2O3S. The molecule has 2 aromatic rings. The summed E-state index contributed by atoms with van der Waals surface area (Å²) in [4.78, 5) is 12.3. The molecule has 0 atom stereocenters. The highest BCUT2D eigenvalue weighted by atomic mass is 79.9. The van der Waals surface area contributed by atoms with E-state index in [9.17, 15) is 13.2 Å². The van der Waals surface area contributed by atoms with Gasteiger partial charge in [0, 0.05) is 10.2 Å². The fraction of sp³-hybridized carbons (Fsp3) is 0.0714. The minimum Gasteiger partial charge on any atom is -0.399 e. The maximum absolute atomic E-state index is 12.4. The third-order valence-electron chi connectivity index (χ3n) is 3.27. The van der Waals surface area contributed by atoms with Crippen LogP contribution in [0.15, 0.2) is 51.8 Å². The Kier molecular flexibility index (Phi) is 3.26. The van der Waals surface area contributed by atoms with Crippen molar-refractivity contribution in [2.45, 2.75) is 11.4 Å². The van der Waals surface area contributed by atoms with Crippen molar-refractivity contribution in [2.24, 2.45) is 0 Å². The number of nitrogens with two attached hydrogens (primary N) is 1. The predicted octanol–water partition coefficient (Wildman–Crippen LogP) is 2.38. The van der Waals surface area contributed by atoms with Crippen molar-refractivity contribution in [1.82, 2.24) is 4.31 Å². The van der Waals surface area contributed by atoms with Crippen LogP contribution in [0.5, 0.6) is 0 Å². The number of carbonyl (C=O) groups is 1. The highest BCUT2D eigenvalue weighted by molar-refractivity contribution is 9.10. The lowest BCUT2D eigenvalue weighted by Gasteiger charge is -2.15. The maximum atomic E-state index is 12.4. The molecule has 21 heavy (non-hydrogen) atoms. The first-order valence-electron chi connectivity index (χ1n) is 6.10. The fourth-order valence-electron chi connectivity index (χ4n) is 2.21. The second-order valence-electron chi connectivity index (χ2n) is 4.70. The highest BCUT2D eigenvalue weighted by Gasteiger charge is 2.41. The van der Waals surface area contributed by atoms with Crippen LogP contribution in [0.4, 0.5) is 5.69 Å². The molecule has 1 aliphatic heterocycles. The average Bonchev–Trinajstić information content (AvgIpc) is 2.62. The minimum absolute atomic E-state index is 0.00301. The van der Waals surface area contributed by atoms with E-state index in [0.29, 0.717) is 5.69 Å². The molecule has 0 saturated carbocycles. The van der Waals surface area contributed by atoms with E-state index in [1.54, 1.807) is 24.3 Å². The fourth-order valence-corrected chi connectivity index (χ4v) is 4.02. The lowest BCUT2D eigenvalue weighted by Crippen LogP contribution is -2.29. The number of sulfonamides is 1. The normalized spacial score (nSPS) is 16.0. The van der Waals surface area contributed by atoms with E-state index >= 15 is 0 Å². The first-order valence-corrected chi connectivity index (χ1v) is 8.34. The van der Waals surface area contributed by atoms with Gasteiger partial charge in [0.05, 0.1) is 12.1 Å². The monoisotopic (exact) mass is 366 g/mol.